The number of hydrogen-bond donors (Lipinski definition) is 2. The molecule has 1 aliphatic carbocycles. The van der Waals surface area contributed by atoms with E-state index in [-0.39, 0.29) is 0 Å². The molecule has 2 aromatic rings. The Morgan fingerprint density at radius 2 is 1.95 bits per heavy atom. The number of nitrogen functional groups attached to an aromatic ring is 1. The Bertz CT molecular complexity index is 577. The van der Waals surface area contributed by atoms with Crippen LogP contribution in [0.3, 0.4) is 0 Å². The molecule has 5 nitrogen and oxygen atoms in total. The number of rotatable bonds is 3. The van der Waals surface area contributed by atoms with Gasteiger partial charge >= 0.3 is 0 Å². The van der Waals surface area contributed by atoms with E-state index in [4.69, 9.17) is 5.84 Å². The van der Waals surface area contributed by atoms with E-state index in [1.807, 2.05) is 18.2 Å². The lowest BCUT2D eigenvalue weighted by Gasteiger charge is -2.26. The summed E-state index contributed by atoms with van der Waals surface area (Å²) in [6.45, 7) is 0. The van der Waals surface area contributed by atoms with Crippen LogP contribution in [-0.4, -0.2) is 23.1 Å². The summed E-state index contributed by atoms with van der Waals surface area (Å²) in [6, 6.07) is 8.63. The van der Waals surface area contributed by atoms with Crippen LogP contribution in [0.5, 0.6) is 0 Å². The molecule has 100 valence electrons. The first-order valence-electron chi connectivity index (χ1n) is 6.76. The lowest BCUT2D eigenvalue weighted by molar-refractivity contribution is 0.648. The zero-order chi connectivity index (χ0) is 13.2. The lowest BCUT2D eigenvalue weighted by Crippen LogP contribution is -2.30. The van der Waals surface area contributed by atoms with Gasteiger partial charge in [-0.25, -0.2) is 10.8 Å². The third kappa shape index (κ3) is 2.21. The highest BCUT2D eigenvalue weighted by Gasteiger charge is 2.22. The zero-order valence-electron chi connectivity index (χ0n) is 11.1. The van der Waals surface area contributed by atoms with Gasteiger partial charge in [0.25, 0.3) is 0 Å². The van der Waals surface area contributed by atoms with Crippen LogP contribution < -0.4 is 16.2 Å². The lowest BCUT2D eigenvalue weighted by atomic mass is 10.2. The van der Waals surface area contributed by atoms with Crippen LogP contribution in [0.25, 0.3) is 10.9 Å². The molecule has 1 aliphatic rings. The van der Waals surface area contributed by atoms with Gasteiger partial charge in [0.15, 0.2) is 0 Å². The average molecular weight is 257 g/mol. The number of anilines is 2. The number of nitrogens with two attached hydrogens (primary N) is 1. The highest BCUT2D eigenvalue weighted by atomic mass is 15.3. The van der Waals surface area contributed by atoms with Gasteiger partial charge in [-0.3, -0.25) is 5.43 Å². The van der Waals surface area contributed by atoms with E-state index in [1.54, 1.807) is 0 Å². The standard InChI is InChI=1S/C14H19N5/c1-19(10-6-2-3-7-10)13-11-8-4-5-9-12(11)16-14(17-13)18-15/h4-5,8-10H,2-3,6-7,15H2,1H3,(H,16,17,18). The monoisotopic (exact) mass is 257 g/mol. The molecule has 0 aliphatic heterocycles. The van der Waals surface area contributed by atoms with Crippen LogP contribution in [0.15, 0.2) is 24.3 Å². The fraction of sp³-hybridized carbons (Fsp3) is 0.429. The predicted molar refractivity (Wildman–Crippen MR) is 78.0 cm³/mol. The zero-order valence-corrected chi connectivity index (χ0v) is 11.1. The summed E-state index contributed by atoms with van der Waals surface area (Å²) < 4.78 is 0. The Hall–Kier alpha value is -1.88. The van der Waals surface area contributed by atoms with Crippen molar-refractivity contribution in [2.45, 2.75) is 31.7 Å². The SMILES string of the molecule is CN(c1nc(NN)nc2ccccc12)C1CCCC1. The van der Waals surface area contributed by atoms with Gasteiger partial charge < -0.3 is 4.90 Å². The van der Waals surface area contributed by atoms with Crippen LogP contribution in [0.1, 0.15) is 25.7 Å². The molecule has 0 atom stereocenters. The van der Waals surface area contributed by atoms with Crippen LogP contribution in [0.2, 0.25) is 0 Å². The largest absolute Gasteiger partial charge is 0.356 e. The normalized spacial score (nSPS) is 15.9. The molecule has 0 radical (unpaired) electrons. The molecule has 0 spiro atoms. The molecule has 1 saturated carbocycles. The summed E-state index contributed by atoms with van der Waals surface area (Å²) >= 11 is 0. The van der Waals surface area contributed by atoms with Crippen LogP contribution in [0, 0.1) is 0 Å². The van der Waals surface area contributed by atoms with Gasteiger partial charge in [0.1, 0.15) is 5.82 Å². The Kier molecular flexibility index (Phi) is 3.21. The molecular weight excluding hydrogens is 238 g/mol. The maximum Gasteiger partial charge on any atom is 0.239 e. The Morgan fingerprint density at radius 3 is 2.68 bits per heavy atom. The van der Waals surface area contributed by atoms with Gasteiger partial charge in [-0.15, -0.1) is 0 Å². The minimum Gasteiger partial charge on any atom is -0.356 e. The maximum absolute atomic E-state index is 5.47. The van der Waals surface area contributed by atoms with Crippen molar-refractivity contribution >= 4 is 22.7 Å². The average Bonchev–Trinajstić information content (AvgIpc) is 2.99. The number of benzene rings is 1. The van der Waals surface area contributed by atoms with Crippen molar-refractivity contribution in [1.29, 1.82) is 0 Å². The van der Waals surface area contributed by atoms with Crippen molar-refractivity contribution < 1.29 is 0 Å². The molecule has 3 N–H and O–H groups in total. The predicted octanol–water partition coefficient (Wildman–Crippen LogP) is 2.29. The van der Waals surface area contributed by atoms with Crippen molar-refractivity contribution in [3.05, 3.63) is 24.3 Å². The summed E-state index contributed by atoms with van der Waals surface area (Å²) in [6.07, 6.45) is 5.08. The molecule has 0 unspecified atom stereocenters. The highest BCUT2D eigenvalue weighted by Crippen LogP contribution is 2.30. The first kappa shape index (κ1) is 12.2. The third-order valence-electron chi connectivity index (χ3n) is 3.92. The smallest absolute Gasteiger partial charge is 0.239 e. The van der Waals surface area contributed by atoms with Gasteiger partial charge in [-0.05, 0) is 25.0 Å². The molecule has 0 amide bonds. The summed E-state index contributed by atoms with van der Waals surface area (Å²) in [7, 11) is 2.12. The first-order valence-corrected chi connectivity index (χ1v) is 6.76. The first-order chi connectivity index (χ1) is 9.29. The van der Waals surface area contributed by atoms with E-state index in [0.29, 0.717) is 12.0 Å². The third-order valence-corrected chi connectivity index (χ3v) is 3.92. The Morgan fingerprint density at radius 1 is 1.21 bits per heavy atom. The van der Waals surface area contributed by atoms with Gasteiger partial charge in [-0.1, -0.05) is 25.0 Å². The molecule has 5 heteroatoms. The summed E-state index contributed by atoms with van der Waals surface area (Å²) in [5, 5.41) is 1.08. The van der Waals surface area contributed by atoms with Crippen molar-refractivity contribution in [3.63, 3.8) is 0 Å². The molecule has 1 aromatic carbocycles. The van der Waals surface area contributed by atoms with Crippen molar-refractivity contribution in [2.75, 3.05) is 17.4 Å². The molecule has 1 fully saturated rings. The van der Waals surface area contributed by atoms with Crippen LogP contribution in [0.4, 0.5) is 11.8 Å². The number of hydrogen-bond acceptors (Lipinski definition) is 5. The molecule has 19 heavy (non-hydrogen) atoms. The topological polar surface area (TPSA) is 67.1 Å². The second-order valence-corrected chi connectivity index (χ2v) is 5.08. The number of para-hydroxylation sites is 1. The van der Waals surface area contributed by atoms with E-state index in [1.165, 1.54) is 25.7 Å². The van der Waals surface area contributed by atoms with E-state index < -0.39 is 0 Å². The molecule has 1 aromatic heterocycles. The molecule has 0 saturated heterocycles. The minimum absolute atomic E-state index is 0.471. The van der Waals surface area contributed by atoms with Crippen molar-refractivity contribution in [1.82, 2.24) is 9.97 Å². The van der Waals surface area contributed by atoms with Gasteiger partial charge in [0, 0.05) is 18.5 Å². The van der Waals surface area contributed by atoms with Crippen LogP contribution >= 0.6 is 0 Å². The molecular formula is C14H19N5. The Balaban J connectivity index is 2.09. The van der Waals surface area contributed by atoms with Crippen molar-refractivity contribution in [2.24, 2.45) is 5.84 Å². The fourth-order valence-electron chi connectivity index (χ4n) is 2.86. The van der Waals surface area contributed by atoms with E-state index in [2.05, 4.69) is 33.4 Å². The number of nitrogens with one attached hydrogen (secondary N) is 1. The van der Waals surface area contributed by atoms with Gasteiger partial charge in [0.2, 0.25) is 5.95 Å². The van der Waals surface area contributed by atoms with Gasteiger partial charge in [0.05, 0.1) is 5.52 Å². The summed E-state index contributed by atoms with van der Waals surface area (Å²) in [5.74, 6) is 6.90. The Labute approximate surface area is 112 Å². The number of hydrazine groups is 1. The van der Waals surface area contributed by atoms with Crippen molar-refractivity contribution in [3.8, 4) is 0 Å². The van der Waals surface area contributed by atoms with E-state index >= 15 is 0 Å². The van der Waals surface area contributed by atoms with Crippen LogP contribution in [-0.2, 0) is 0 Å². The second kappa shape index (κ2) is 5.01. The van der Waals surface area contributed by atoms with Gasteiger partial charge in [-0.2, -0.15) is 4.98 Å². The molecule has 3 rings (SSSR count). The highest BCUT2D eigenvalue weighted by molar-refractivity contribution is 5.90. The second-order valence-electron chi connectivity index (χ2n) is 5.08. The minimum atomic E-state index is 0.471. The molecule has 0 bridgehead atoms. The van der Waals surface area contributed by atoms with E-state index in [9.17, 15) is 0 Å². The summed E-state index contributed by atoms with van der Waals surface area (Å²) in [4.78, 5) is 11.2. The molecule has 1 heterocycles. The fourth-order valence-corrected chi connectivity index (χ4v) is 2.86. The summed E-state index contributed by atoms with van der Waals surface area (Å²) in [5.41, 5.74) is 3.48. The quantitative estimate of drug-likeness (QED) is 0.652. The number of nitrogens with zero attached hydrogens (tertiary/aromatic N) is 3. The number of fused-ring (bicyclic) bond motifs is 1. The number of aromatic nitrogens is 2. The maximum atomic E-state index is 5.47. The van der Waals surface area contributed by atoms with E-state index in [0.717, 1.165) is 16.7 Å².